The summed E-state index contributed by atoms with van der Waals surface area (Å²) in [5.74, 6) is 1.56. The second-order valence-electron chi connectivity index (χ2n) is 4.21. The van der Waals surface area contributed by atoms with Crippen molar-refractivity contribution < 1.29 is 0 Å². The molecule has 0 bridgehead atoms. The van der Waals surface area contributed by atoms with Crippen LogP contribution in [0, 0.1) is 0 Å². The molecule has 0 fully saturated rings. The average molecular weight is 238 g/mol. The highest BCUT2D eigenvalue weighted by atomic mass is 15.2. The van der Waals surface area contributed by atoms with Gasteiger partial charge in [-0.2, -0.15) is 5.10 Å². The van der Waals surface area contributed by atoms with E-state index >= 15 is 0 Å². The number of nitrogens with zero attached hydrogens (tertiary/aromatic N) is 2. The van der Waals surface area contributed by atoms with Crippen LogP contribution in [0.5, 0.6) is 0 Å². The van der Waals surface area contributed by atoms with E-state index in [-0.39, 0.29) is 0 Å². The van der Waals surface area contributed by atoms with E-state index in [9.17, 15) is 0 Å². The zero-order valence-electron chi connectivity index (χ0n) is 9.93. The largest absolute Gasteiger partial charge is 0.330 e. The summed E-state index contributed by atoms with van der Waals surface area (Å²) in [6.45, 7) is 0.576. The summed E-state index contributed by atoms with van der Waals surface area (Å²) in [4.78, 5) is 4.43. The molecule has 0 amide bonds. The highest BCUT2D eigenvalue weighted by molar-refractivity contribution is 5.86. The van der Waals surface area contributed by atoms with Crippen LogP contribution in [0.15, 0.2) is 42.5 Å². The lowest BCUT2D eigenvalue weighted by molar-refractivity contribution is 0.874. The SMILES string of the molecule is NCCc1nc(-c2ccc3ccccc3c2)n[nH]1. The van der Waals surface area contributed by atoms with Gasteiger partial charge in [0, 0.05) is 12.0 Å². The molecule has 90 valence electrons. The Morgan fingerprint density at radius 2 is 1.89 bits per heavy atom. The number of fused-ring (bicyclic) bond motifs is 1. The minimum absolute atomic E-state index is 0.576. The van der Waals surface area contributed by atoms with E-state index in [0.29, 0.717) is 6.54 Å². The fraction of sp³-hybridized carbons (Fsp3) is 0.143. The Bertz CT molecular complexity index is 672. The maximum Gasteiger partial charge on any atom is 0.181 e. The van der Waals surface area contributed by atoms with Gasteiger partial charge in [0.15, 0.2) is 5.82 Å². The molecular formula is C14H14N4. The molecule has 4 nitrogen and oxygen atoms in total. The lowest BCUT2D eigenvalue weighted by atomic mass is 10.1. The zero-order chi connectivity index (χ0) is 12.4. The minimum Gasteiger partial charge on any atom is -0.330 e. The molecular weight excluding hydrogens is 224 g/mol. The van der Waals surface area contributed by atoms with E-state index in [1.165, 1.54) is 10.8 Å². The third kappa shape index (κ3) is 1.98. The third-order valence-electron chi connectivity index (χ3n) is 2.92. The number of aromatic nitrogens is 3. The van der Waals surface area contributed by atoms with Crippen LogP contribution in [0.25, 0.3) is 22.2 Å². The highest BCUT2D eigenvalue weighted by Gasteiger charge is 2.05. The molecule has 0 saturated carbocycles. The molecule has 1 heterocycles. The fourth-order valence-electron chi connectivity index (χ4n) is 2.00. The summed E-state index contributed by atoms with van der Waals surface area (Å²) in [6, 6.07) is 14.5. The standard InChI is InChI=1S/C14H14N4/c15-8-7-13-16-14(18-17-13)12-6-5-10-3-1-2-4-11(10)9-12/h1-6,9H,7-8,15H2,(H,16,17,18). The predicted octanol–water partition coefficient (Wildman–Crippen LogP) is 2.13. The van der Waals surface area contributed by atoms with Gasteiger partial charge in [0.2, 0.25) is 0 Å². The Balaban J connectivity index is 2.02. The molecule has 3 rings (SSSR count). The van der Waals surface area contributed by atoms with Gasteiger partial charge in [-0.05, 0) is 23.4 Å². The van der Waals surface area contributed by atoms with Gasteiger partial charge in [-0.3, -0.25) is 5.10 Å². The molecule has 0 saturated heterocycles. The molecule has 0 radical (unpaired) electrons. The number of nitrogens with one attached hydrogen (secondary N) is 1. The van der Waals surface area contributed by atoms with Crippen molar-refractivity contribution in [3.63, 3.8) is 0 Å². The van der Waals surface area contributed by atoms with Crippen molar-refractivity contribution in [2.45, 2.75) is 6.42 Å². The molecule has 0 atom stereocenters. The van der Waals surface area contributed by atoms with Gasteiger partial charge in [0.05, 0.1) is 0 Å². The Labute approximate surface area is 105 Å². The summed E-state index contributed by atoms with van der Waals surface area (Å²) >= 11 is 0. The van der Waals surface area contributed by atoms with E-state index in [1.54, 1.807) is 0 Å². The number of H-pyrrole nitrogens is 1. The van der Waals surface area contributed by atoms with E-state index in [2.05, 4.69) is 39.4 Å². The molecule has 2 aromatic carbocycles. The van der Waals surface area contributed by atoms with Gasteiger partial charge in [-0.15, -0.1) is 0 Å². The summed E-state index contributed by atoms with van der Waals surface area (Å²) < 4.78 is 0. The number of aromatic amines is 1. The van der Waals surface area contributed by atoms with Crippen LogP contribution in [0.2, 0.25) is 0 Å². The topological polar surface area (TPSA) is 67.6 Å². The number of rotatable bonds is 3. The van der Waals surface area contributed by atoms with E-state index in [4.69, 9.17) is 5.73 Å². The molecule has 4 heteroatoms. The predicted molar refractivity (Wildman–Crippen MR) is 72.1 cm³/mol. The maximum absolute atomic E-state index is 5.50. The van der Waals surface area contributed by atoms with E-state index in [1.807, 2.05) is 18.2 Å². The summed E-state index contributed by atoms with van der Waals surface area (Å²) in [5, 5.41) is 9.55. The molecule has 3 N–H and O–H groups in total. The first-order chi connectivity index (χ1) is 8.86. The van der Waals surface area contributed by atoms with E-state index in [0.717, 1.165) is 23.6 Å². The van der Waals surface area contributed by atoms with E-state index < -0.39 is 0 Å². The quantitative estimate of drug-likeness (QED) is 0.734. The maximum atomic E-state index is 5.50. The fourth-order valence-corrected chi connectivity index (χ4v) is 2.00. The van der Waals surface area contributed by atoms with Gasteiger partial charge >= 0.3 is 0 Å². The number of benzene rings is 2. The average Bonchev–Trinajstić information content (AvgIpc) is 2.87. The first kappa shape index (κ1) is 10.9. The Kier molecular flexibility index (Phi) is 2.78. The van der Waals surface area contributed by atoms with Crippen molar-refractivity contribution in [3.8, 4) is 11.4 Å². The molecule has 0 aliphatic rings. The summed E-state index contributed by atoms with van der Waals surface area (Å²) in [6.07, 6.45) is 0.723. The third-order valence-corrected chi connectivity index (χ3v) is 2.92. The smallest absolute Gasteiger partial charge is 0.181 e. The van der Waals surface area contributed by atoms with Crippen LogP contribution in [0.3, 0.4) is 0 Å². The van der Waals surface area contributed by atoms with Crippen molar-refractivity contribution in [2.75, 3.05) is 6.54 Å². The molecule has 18 heavy (non-hydrogen) atoms. The Morgan fingerprint density at radius 1 is 1.06 bits per heavy atom. The van der Waals surface area contributed by atoms with Crippen molar-refractivity contribution >= 4 is 10.8 Å². The van der Waals surface area contributed by atoms with Crippen LogP contribution in [0.1, 0.15) is 5.82 Å². The van der Waals surface area contributed by atoms with Crippen molar-refractivity contribution in [1.29, 1.82) is 0 Å². The number of nitrogens with two attached hydrogens (primary N) is 1. The molecule has 0 aliphatic carbocycles. The summed E-state index contributed by atoms with van der Waals surface area (Å²) in [7, 11) is 0. The van der Waals surface area contributed by atoms with Gasteiger partial charge in [-0.25, -0.2) is 4.98 Å². The normalized spacial score (nSPS) is 10.9. The van der Waals surface area contributed by atoms with Crippen LogP contribution in [0.4, 0.5) is 0 Å². The zero-order valence-corrected chi connectivity index (χ0v) is 9.93. The first-order valence-electron chi connectivity index (χ1n) is 5.97. The molecule has 0 spiro atoms. The lowest BCUT2D eigenvalue weighted by Gasteiger charge is -1.99. The lowest BCUT2D eigenvalue weighted by Crippen LogP contribution is -2.03. The van der Waals surface area contributed by atoms with Crippen LogP contribution in [-0.2, 0) is 6.42 Å². The van der Waals surface area contributed by atoms with Crippen molar-refractivity contribution in [3.05, 3.63) is 48.3 Å². The van der Waals surface area contributed by atoms with Crippen LogP contribution < -0.4 is 5.73 Å². The van der Waals surface area contributed by atoms with Gasteiger partial charge < -0.3 is 5.73 Å². The Hall–Kier alpha value is -2.20. The van der Waals surface area contributed by atoms with Gasteiger partial charge in [0.1, 0.15) is 5.82 Å². The molecule has 1 aromatic heterocycles. The number of hydrogen-bond acceptors (Lipinski definition) is 3. The second-order valence-corrected chi connectivity index (χ2v) is 4.21. The number of hydrogen-bond donors (Lipinski definition) is 2. The monoisotopic (exact) mass is 238 g/mol. The van der Waals surface area contributed by atoms with Gasteiger partial charge in [0.25, 0.3) is 0 Å². The molecule has 0 aliphatic heterocycles. The Morgan fingerprint density at radius 3 is 2.72 bits per heavy atom. The van der Waals surface area contributed by atoms with Crippen molar-refractivity contribution in [2.24, 2.45) is 5.73 Å². The molecule has 0 unspecified atom stereocenters. The summed E-state index contributed by atoms with van der Waals surface area (Å²) in [5.41, 5.74) is 6.52. The van der Waals surface area contributed by atoms with Gasteiger partial charge in [-0.1, -0.05) is 36.4 Å². The van der Waals surface area contributed by atoms with Crippen molar-refractivity contribution in [1.82, 2.24) is 15.2 Å². The second kappa shape index (κ2) is 4.58. The first-order valence-corrected chi connectivity index (χ1v) is 5.97. The highest BCUT2D eigenvalue weighted by Crippen LogP contribution is 2.21. The van der Waals surface area contributed by atoms with Crippen LogP contribution in [-0.4, -0.2) is 21.7 Å². The minimum atomic E-state index is 0.576. The molecule has 3 aromatic rings. The van der Waals surface area contributed by atoms with Crippen LogP contribution >= 0.6 is 0 Å².